The van der Waals surface area contributed by atoms with Gasteiger partial charge in [0.1, 0.15) is 5.69 Å². The number of rotatable bonds is 8. The number of ether oxygens (including phenoxy) is 3. The fourth-order valence-electron chi connectivity index (χ4n) is 3.63. The number of hydrogen-bond acceptors (Lipinski definition) is 9. The lowest BCUT2D eigenvalue weighted by atomic mass is 10.0. The largest absolute Gasteiger partial charge is 0.493 e. The van der Waals surface area contributed by atoms with E-state index in [1.807, 2.05) is 29.6 Å². The highest BCUT2D eigenvalue weighted by Gasteiger charge is 2.34. The van der Waals surface area contributed by atoms with Crippen molar-refractivity contribution in [1.82, 2.24) is 9.99 Å². The number of hydrogen-bond donors (Lipinski definition) is 0. The SMILES string of the molecule is COc1ccc([C@@H]2CC(c3cccs3)=NN2C(=O)COc2ccc(C)nc2[N+](=O)[O-])cc1OC. The number of carbonyl (C=O) groups is 1. The number of aromatic nitrogens is 1. The summed E-state index contributed by atoms with van der Waals surface area (Å²) in [7, 11) is 3.10. The van der Waals surface area contributed by atoms with Gasteiger partial charge in [-0.15, -0.1) is 11.3 Å². The van der Waals surface area contributed by atoms with Crippen molar-refractivity contribution in [3.8, 4) is 17.2 Å². The molecule has 1 amide bonds. The Morgan fingerprint density at radius 1 is 1.18 bits per heavy atom. The molecule has 10 nitrogen and oxygen atoms in total. The predicted molar refractivity (Wildman–Crippen MR) is 126 cm³/mol. The van der Waals surface area contributed by atoms with Gasteiger partial charge in [-0.05, 0) is 51.2 Å². The van der Waals surface area contributed by atoms with Crippen molar-refractivity contribution in [1.29, 1.82) is 0 Å². The minimum Gasteiger partial charge on any atom is -0.493 e. The summed E-state index contributed by atoms with van der Waals surface area (Å²) in [5.41, 5.74) is 2.05. The van der Waals surface area contributed by atoms with Crippen molar-refractivity contribution >= 4 is 28.8 Å². The van der Waals surface area contributed by atoms with Crippen LogP contribution in [0.5, 0.6) is 17.2 Å². The van der Waals surface area contributed by atoms with Crippen LogP contribution in [0, 0.1) is 17.0 Å². The molecule has 0 saturated carbocycles. The molecular weight excluding hydrogens is 460 g/mol. The molecule has 3 aromatic rings. The highest BCUT2D eigenvalue weighted by atomic mass is 32.1. The number of thiophene rings is 1. The third kappa shape index (κ3) is 4.69. The molecule has 11 heteroatoms. The number of amides is 1. The van der Waals surface area contributed by atoms with Gasteiger partial charge >= 0.3 is 5.82 Å². The molecule has 1 aliphatic rings. The average Bonchev–Trinajstić information content (AvgIpc) is 3.52. The number of aryl methyl sites for hydroxylation is 1. The lowest BCUT2D eigenvalue weighted by Crippen LogP contribution is -2.31. The number of carbonyl (C=O) groups excluding carboxylic acids is 1. The maximum Gasteiger partial charge on any atom is 0.406 e. The minimum atomic E-state index is -0.637. The highest BCUT2D eigenvalue weighted by molar-refractivity contribution is 7.12. The third-order valence-electron chi connectivity index (χ3n) is 5.27. The van der Waals surface area contributed by atoms with Crippen LogP contribution in [0.1, 0.15) is 28.6 Å². The molecule has 0 N–H and O–H groups in total. The zero-order chi connectivity index (χ0) is 24.2. The Morgan fingerprint density at radius 2 is 1.94 bits per heavy atom. The van der Waals surface area contributed by atoms with Crippen molar-refractivity contribution in [2.75, 3.05) is 20.8 Å². The van der Waals surface area contributed by atoms with E-state index in [0.29, 0.717) is 23.6 Å². The second kappa shape index (κ2) is 9.87. The first-order valence-electron chi connectivity index (χ1n) is 10.3. The fraction of sp³-hybridized carbons (Fsp3) is 0.261. The molecule has 0 aliphatic carbocycles. The van der Waals surface area contributed by atoms with Crippen LogP contribution in [0.2, 0.25) is 0 Å². The monoisotopic (exact) mass is 482 g/mol. The molecule has 1 aliphatic heterocycles. The van der Waals surface area contributed by atoms with Crippen LogP contribution < -0.4 is 14.2 Å². The molecule has 1 aromatic carbocycles. The number of nitrogens with zero attached hydrogens (tertiary/aromatic N) is 4. The summed E-state index contributed by atoms with van der Waals surface area (Å²) in [6, 6.07) is 11.9. The van der Waals surface area contributed by atoms with Crippen molar-refractivity contribution in [2.24, 2.45) is 5.10 Å². The smallest absolute Gasteiger partial charge is 0.406 e. The molecule has 0 saturated heterocycles. The number of nitro groups is 1. The van der Waals surface area contributed by atoms with Crippen LogP contribution >= 0.6 is 11.3 Å². The Hall–Kier alpha value is -3.99. The normalized spacial score (nSPS) is 15.1. The number of pyridine rings is 1. The zero-order valence-corrected chi connectivity index (χ0v) is 19.6. The van der Waals surface area contributed by atoms with E-state index in [1.165, 1.54) is 22.4 Å². The van der Waals surface area contributed by atoms with Gasteiger partial charge in [-0.1, -0.05) is 12.1 Å². The van der Waals surface area contributed by atoms with Crippen LogP contribution in [0.25, 0.3) is 0 Å². The minimum absolute atomic E-state index is 0.0757. The van der Waals surface area contributed by atoms with Crippen LogP contribution in [0.4, 0.5) is 5.82 Å². The van der Waals surface area contributed by atoms with E-state index in [-0.39, 0.29) is 5.75 Å². The Kier molecular flexibility index (Phi) is 6.73. The molecule has 1 atom stereocenters. The molecule has 0 unspecified atom stereocenters. The molecular formula is C23H22N4O6S. The standard InChI is InChI=1S/C23H22N4O6S/c1-14-6-8-19(23(24-14)27(29)30)33-13-22(28)26-17(12-16(25-26)21-5-4-10-34-21)15-7-9-18(31-2)20(11-15)32-3/h4-11,17H,12-13H2,1-3H3/t17-/m0/s1. The van der Waals surface area contributed by atoms with Crippen LogP contribution in [0.15, 0.2) is 52.9 Å². The first kappa shape index (κ1) is 23.2. The zero-order valence-electron chi connectivity index (χ0n) is 18.8. The molecule has 0 bridgehead atoms. The van der Waals surface area contributed by atoms with E-state index >= 15 is 0 Å². The molecule has 4 rings (SSSR count). The quantitative estimate of drug-likeness (QED) is 0.350. The van der Waals surface area contributed by atoms with Gasteiger partial charge in [0, 0.05) is 13.3 Å². The summed E-state index contributed by atoms with van der Waals surface area (Å²) in [4.78, 5) is 28.7. The van der Waals surface area contributed by atoms with Gasteiger partial charge in [0.25, 0.3) is 5.91 Å². The van der Waals surface area contributed by atoms with Gasteiger partial charge in [0.05, 0.1) is 30.9 Å². The lowest BCUT2D eigenvalue weighted by molar-refractivity contribution is -0.390. The van der Waals surface area contributed by atoms with Gasteiger partial charge < -0.3 is 24.3 Å². The van der Waals surface area contributed by atoms with Crippen molar-refractivity contribution < 1.29 is 23.9 Å². The molecule has 0 spiro atoms. The van der Waals surface area contributed by atoms with E-state index < -0.39 is 29.3 Å². The fourth-order valence-corrected chi connectivity index (χ4v) is 4.35. The molecule has 0 fully saturated rings. The Morgan fingerprint density at radius 3 is 2.62 bits per heavy atom. The van der Waals surface area contributed by atoms with E-state index in [9.17, 15) is 14.9 Å². The molecule has 34 heavy (non-hydrogen) atoms. The van der Waals surface area contributed by atoms with Gasteiger partial charge in [-0.2, -0.15) is 5.10 Å². The van der Waals surface area contributed by atoms with Crippen molar-refractivity contribution in [3.05, 3.63) is 74.1 Å². The molecule has 176 valence electrons. The van der Waals surface area contributed by atoms with E-state index in [4.69, 9.17) is 14.2 Å². The highest BCUT2D eigenvalue weighted by Crippen LogP contribution is 2.38. The predicted octanol–water partition coefficient (Wildman–Crippen LogP) is 4.13. The van der Waals surface area contributed by atoms with E-state index in [1.54, 1.807) is 33.3 Å². The van der Waals surface area contributed by atoms with Gasteiger partial charge in [-0.3, -0.25) is 4.79 Å². The van der Waals surface area contributed by atoms with Gasteiger partial charge in [0.15, 0.2) is 18.1 Å². The maximum atomic E-state index is 13.2. The Bertz CT molecular complexity index is 1240. The molecule has 0 radical (unpaired) electrons. The summed E-state index contributed by atoms with van der Waals surface area (Å²) in [6.45, 7) is 1.21. The Labute approximate surface area is 199 Å². The average molecular weight is 483 g/mol. The topological polar surface area (TPSA) is 116 Å². The van der Waals surface area contributed by atoms with Crippen molar-refractivity contribution in [2.45, 2.75) is 19.4 Å². The summed E-state index contributed by atoms with van der Waals surface area (Å²) < 4.78 is 16.3. The summed E-state index contributed by atoms with van der Waals surface area (Å²) in [5, 5.41) is 19.2. The third-order valence-corrected chi connectivity index (χ3v) is 6.19. The molecule has 2 aromatic heterocycles. The van der Waals surface area contributed by atoms with Crippen molar-refractivity contribution in [3.63, 3.8) is 0 Å². The van der Waals surface area contributed by atoms with Crippen LogP contribution in [-0.2, 0) is 4.79 Å². The first-order chi connectivity index (χ1) is 16.4. The number of methoxy groups -OCH3 is 2. The summed E-state index contributed by atoms with van der Waals surface area (Å²) in [5.74, 6) is 0.154. The second-order valence-electron chi connectivity index (χ2n) is 7.42. The lowest BCUT2D eigenvalue weighted by Gasteiger charge is -2.23. The van der Waals surface area contributed by atoms with E-state index in [2.05, 4.69) is 10.1 Å². The first-order valence-corrected chi connectivity index (χ1v) is 11.2. The summed E-state index contributed by atoms with van der Waals surface area (Å²) in [6.07, 6.45) is 0.494. The number of benzene rings is 1. The molecule has 3 heterocycles. The maximum absolute atomic E-state index is 13.2. The van der Waals surface area contributed by atoms with Gasteiger partial charge in [0.2, 0.25) is 5.75 Å². The van der Waals surface area contributed by atoms with Gasteiger partial charge in [-0.25, -0.2) is 5.01 Å². The van der Waals surface area contributed by atoms with E-state index in [0.717, 1.165) is 16.2 Å². The second-order valence-corrected chi connectivity index (χ2v) is 8.36. The Balaban J connectivity index is 1.61. The van der Waals surface area contributed by atoms with Crippen LogP contribution in [-0.4, -0.2) is 47.4 Å². The summed E-state index contributed by atoms with van der Waals surface area (Å²) >= 11 is 1.53. The van der Waals surface area contributed by atoms with Crippen LogP contribution in [0.3, 0.4) is 0 Å². The number of hydrazone groups is 1.